The van der Waals surface area contributed by atoms with Gasteiger partial charge in [0.05, 0.1) is 16.7 Å². The van der Waals surface area contributed by atoms with E-state index in [1.807, 2.05) is 54.1 Å². The van der Waals surface area contributed by atoms with Gasteiger partial charge >= 0.3 is 0 Å². The summed E-state index contributed by atoms with van der Waals surface area (Å²) in [5, 5.41) is 9.71. The number of anilines is 1. The van der Waals surface area contributed by atoms with Crippen LogP contribution in [-0.4, -0.2) is 22.9 Å². The Kier molecular flexibility index (Phi) is 5.28. The predicted octanol–water partition coefficient (Wildman–Crippen LogP) is 5.99. The van der Waals surface area contributed by atoms with E-state index in [0.717, 1.165) is 59.9 Å². The molecule has 0 saturated carbocycles. The van der Waals surface area contributed by atoms with Crippen LogP contribution in [0.25, 0.3) is 16.9 Å². The second-order valence-electron chi connectivity index (χ2n) is 6.47. The molecule has 140 valence electrons. The minimum atomic E-state index is 0.594. The summed E-state index contributed by atoms with van der Waals surface area (Å²) < 4.78 is 7.77. The standard InChI is InChI=1S/C21H21Cl2N3O/c1-2-27-18-12-4-3-11-17(18)26-21-14(8-5-6-13-24-21)20(25-26)19-15(22)9-7-10-16(19)23/h3-4,7,9-12,24H,2,5-6,8,13H2,1H3. The topological polar surface area (TPSA) is 39.1 Å². The molecule has 27 heavy (non-hydrogen) atoms. The van der Waals surface area contributed by atoms with Gasteiger partial charge in [-0.1, -0.05) is 41.4 Å². The van der Waals surface area contributed by atoms with Crippen molar-refractivity contribution in [3.63, 3.8) is 0 Å². The highest BCUT2D eigenvalue weighted by atomic mass is 35.5. The van der Waals surface area contributed by atoms with E-state index in [2.05, 4.69) is 5.32 Å². The van der Waals surface area contributed by atoms with Gasteiger partial charge in [0, 0.05) is 17.7 Å². The number of halogens is 2. The first-order valence-electron chi connectivity index (χ1n) is 9.23. The summed E-state index contributed by atoms with van der Waals surface area (Å²) in [6, 6.07) is 13.5. The van der Waals surface area contributed by atoms with Gasteiger partial charge < -0.3 is 10.1 Å². The maximum atomic E-state index is 6.50. The van der Waals surface area contributed by atoms with Crippen LogP contribution in [-0.2, 0) is 6.42 Å². The molecule has 0 spiro atoms. The van der Waals surface area contributed by atoms with E-state index in [-0.39, 0.29) is 0 Å². The first kappa shape index (κ1) is 18.2. The van der Waals surface area contributed by atoms with Crippen molar-refractivity contribution >= 4 is 29.0 Å². The Morgan fingerprint density at radius 2 is 1.85 bits per heavy atom. The van der Waals surface area contributed by atoms with Gasteiger partial charge in [0.1, 0.15) is 22.9 Å². The zero-order valence-electron chi connectivity index (χ0n) is 15.1. The molecule has 0 amide bonds. The van der Waals surface area contributed by atoms with Gasteiger partial charge in [0.15, 0.2) is 0 Å². The lowest BCUT2D eigenvalue weighted by Gasteiger charge is -2.13. The molecule has 2 heterocycles. The first-order chi connectivity index (χ1) is 13.2. The van der Waals surface area contributed by atoms with Crippen molar-refractivity contribution in [2.75, 3.05) is 18.5 Å². The van der Waals surface area contributed by atoms with Gasteiger partial charge in [-0.3, -0.25) is 0 Å². The Bertz CT molecular complexity index is 948. The zero-order chi connectivity index (χ0) is 18.8. The molecule has 6 heteroatoms. The lowest BCUT2D eigenvalue weighted by molar-refractivity contribution is 0.338. The molecule has 1 N–H and O–H groups in total. The van der Waals surface area contributed by atoms with Crippen molar-refractivity contribution in [2.45, 2.75) is 26.2 Å². The zero-order valence-corrected chi connectivity index (χ0v) is 16.6. The number of ether oxygens (including phenoxy) is 1. The molecule has 2 aromatic carbocycles. The Balaban J connectivity index is 1.96. The lowest BCUT2D eigenvalue weighted by atomic mass is 10.0. The summed E-state index contributed by atoms with van der Waals surface area (Å²) in [4.78, 5) is 0. The Morgan fingerprint density at radius 1 is 1.07 bits per heavy atom. The second kappa shape index (κ2) is 7.83. The maximum absolute atomic E-state index is 6.50. The van der Waals surface area contributed by atoms with E-state index in [0.29, 0.717) is 16.7 Å². The summed E-state index contributed by atoms with van der Waals surface area (Å²) in [5.41, 5.74) is 3.67. The second-order valence-corrected chi connectivity index (χ2v) is 7.28. The third kappa shape index (κ3) is 3.40. The van der Waals surface area contributed by atoms with E-state index < -0.39 is 0 Å². The molecule has 0 atom stereocenters. The average molecular weight is 402 g/mol. The SMILES string of the molecule is CCOc1ccccc1-n1nc(-c2c(Cl)cccc2Cl)c2c1NCCCC2. The normalized spacial score (nSPS) is 13.6. The van der Waals surface area contributed by atoms with Crippen LogP contribution in [0.4, 0.5) is 5.82 Å². The van der Waals surface area contributed by atoms with Gasteiger partial charge in [-0.05, 0) is 50.5 Å². The first-order valence-corrected chi connectivity index (χ1v) is 9.98. The molecule has 0 aliphatic carbocycles. The van der Waals surface area contributed by atoms with Crippen molar-refractivity contribution in [3.05, 3.63) is 58.1 Å². The van der Waals surface area contributed by atoms with Crippen LogP contribution in [0.5, 0.6) is 5.75 Å². The third-order valence-corrected chi connectivity index (χ3v) is 5.35. The van der Waals surface area contributed by atoms with Gasteiger partial charge in [-0.2, -0.15) is 5.10 Å². The molecule has 0 unspecified atom stereocenters. The highest BCUT2D eigenvalue weighted by Gasteiger charge is 2.25. The third-order valence-electron chi connectivity index (χ3n) is 4.72. The van der Waals surface area contributed by atoms with Gasteiger partial charge in [0.25, 0.3) is 0 Å². The van der Waals surface area contributed by atoms with Crippen LogP contribution in [0, 0.1) is 0 Å². The number of hydrogen-bond acceptors (Lipinski definition) is 3. The largest absolute Gasteiger partial charge is 0.492 e. The highest BCUT2D eigenvalue weighted by Crippen LogP contribution is 2.41. The molecule has 4 nitrogen and oxygen atoms in total. The predicted molar refractivity (Wildman–Crippen MR) is 112 cm³/mol. The number of rotatable bonds is 4. The molecular formula is C21H21Cl2N3O. The molecule has 0 bridgehead atoms. The summed E-state index contributed by atoms with van der Waals surface area (Å²) in [6.07, 6.45) is 3.13. The molecule has 3 aromatic rings. The molecule has 0 saturated heterocycles. The fourth-order valence-corrected chi connectivity index (χ4v) is 4.09. The summed E-state index contributed by atoms with van der Waals surface area (Å²) in [5.74, 6) is 1.79. The molecule has 1 aliphatic heterocycles. The van der Waals surface area contributed by atoms with E-state index in [1.54, 1.807) is 0 Å². The van der Waals surface area contributed by atoms with Crippen LogP contribution in [0.1, 0.15) is 25.3 Å². The molecule has 0 radical (unpaired) electrons. The van der Waals surface area contributed by atoms with Crippen LogP contribution < -0.4 is 10.1 Å². The Labute approximate surface area is 169 Å². The Morgan fingerprint density at radius 3 is 2.63 bits per heavy atom. The quantitative estimate of drug-likeness (QED) is 0.582. The Hall–Kier alpha value is -2.17. The van der Waals surface area contributed by atoms with Gasteiger partial charge in [-0.25, -0.2) is 4.68 Å². The molecule has 1 aromatic heterocycles. The van der Waals surface area contributed by atoms with Crippen molar-refractivity contribution < 1.29 is 4.74 Å². The van der Waals surface area contributed by atoms with Crippen LogP contribution in [0.2, 0.25) is 10.0 Å². The van der Waals surface area contributed by atoms with Crippen molar-refractivity contribution in [2.24, 2.45) is 0 Å². The number of para-hydroxylation sites is 2. The smallest absolute Gasteiger partial charge is 0.145 e. The van der Waals surface area contributed by atoms with E-state index in [1.165, 1.54) is 0 Å². The minimum absolute atomic E-state index is 0.594. The summed E-state index contributed by atoms with van der Waals surface area (Å²) >= 11 is 13.0. The number of nitrogens with zero attached hydrogens (tertiary/aromatic N) is 2. The monoisotopic (exact) mass is 401 g/mol. The number of benzene rings is 2. The molecular weight excluding hydrogens is 381 g/mol. The van der Waals surface area contributed by atoms with Crippen LogP contribution in [0.3, 0.4) is 0 Å². The fourth-order valence-electron chi connectivity index (χ4n) is 3.51. The number of hydrogen-bond donors (Lipinski definition) is 1. The lowest BCUT2D eigenvalue weighted by Crippen LogP contribution is -2.08. The van der Waals surface area contributed by atoms with Crippen molar-refractivity contribution in [3.8, 4) is 22.7 Å². The summed E-state index contributed by atoms with van der Waals surface area (Å²) in [6.45, 7) is 3.48. The van der Waals surface area contributed by atoms with E-state index in [9.17, 15) is 0 Å². The maximum Gasteiger partial charge on any atom is 0.145 e. The summed E-state index contributed by atoms with van der Waals surface area (Å²) in [7, 11) is 0. The van der Waals surface area contributed by atoms with Gasteiger partial charge in [0.2, 0.25) is 0 Å². The molecule has 1 aliphatic rings. The number of nitrogens with one attached hydrogen (secondary N) is 1. The average Bonchev–Trinajstić information content (AvgIpc) is 2.84. The van der Waals surface area contributed by atoms with E-state index >= 15 is 0 Å². The van der Waals surface area contributed by atoms with Crippen LogP contribution >= 0.6 is 23.2 Å². The van der Waals surface area contributed by atoms with E-state index in [4.69, 9.17) is 33.0 Å². The van der Waals surface area contributed by atoms with Crippen molar-refractivity contribution in [1.82, 2.24) is 9.78 Å². The number of aromatic nitrogens is 2. The van der Waals surface area contributed by atoms with Crippen molar-refractivity contribution in [1.29, 1.82) is 0 Å². The van der Waals surface area contributed by atoms with Crippen LogP contribution in [0.15, 0.2) is 42.5 Å². The number of fused-ring (bicyclic) bond motifs is 1. The molecule has 4 rings (SSSR count). The minimum Gasteiger partial charge on any atom is -0.492 e. The van der Waals surface area contributed by atoms with Gasteiger partial charge in [-0.15, -0.1) is 0 Å². The fraction of sp³-hybridized carbons (Fsp3) is 0.286. The highest BCUT2D eigenvalue weighted by molar-refractivity contribution is 6.39. The molecule has 0 fully saturated rings.